The van der Waals surface area contributed by atoms with E-state index in [1.807, 2.05) is 0 Å². The van der Waals surface area contributed by atoms with Crippen LogP contribution in [-0.2, 0) is 0 Å². The molecule has 0 aromatic carbocycles. The van der Waals surface area contributed by atoms with Gasteiger partial charge in [0, 0.05) is 6.42 Å². The van der Waals surface area contributed by atoms with Gasteiger partial charge in [-0.2, -0.15) is 9.84 Å². The quantitative estimate of drug-likeness (QED) is 0.317. The average molecular weight is 365 g/mol. The molecule has 1 atom stereocenters. The summed E-state index contributed by atoms with van der Waals surface area (Å²) in [4.78, 5) is 0. The van der Waals surface area contributed by atoms with Crippen LogP contribution in [0.3, 0.4) is 0 Å². The van der Waals surface area contributed by atoms with Crippen molar-refractivity contribution in [2.24, 2.45) is 10.8 Å². The molecule has 0 radical (unpaired) electrons. The van der Waals surface area contributed by atoms with Crippen LogP contribution >= 0.6 is 12.2 Å². The van der Waals surface area contributed by atoms with Crippen molar-refractivity contribution < 1.29 is 14.4 Å². The van der Waals surface area contributed by atoms with Crippen molar-refractivity contribution in [1.82, 2.24) is 10.5 Å². The summed E-state index contributed by atoms with van der Waals surface area (Å²) in [6.07, 6.45) is 5.13. The topological polar surface area (TPSA) is 113 Å². The Morgan fingerprint density at radius 2 is 2.24 bits per heavy atom. The molecule has 2 aliphatic rings. The van der Waals surface area contributed by atoms with E-state index in [2.05, 4.69) is 10.5 Å². The molecule has 4 N–H and O–H groups in total. The van der Waals surface area contributed by atoms with E-state index in [0.29, 0.717) is 30.0 Å². The normalized spacial score (nSPS) is 28.5. The highest BCUT2D eigenvalue weighted by Crippen LogP contribution is 2.41. The summed E-state index contributed by atoms with van der Waals surface area (Å²) in [5, 5.41) is 29.9. The summed E-state index contributed by atoms with van der Waals surface area (Å²) < 4.78 is 6.30. The smallest absolute Gasteiger partial charge is 0.292 e. The van der Waals surface area contributed by atoms with Crippen LogP contribution in [0.25, 0.3) is 0 Å². The standard InChI is InChI=1S/C16H23N5O3S/c1-15(2)13(11-7-6-10-24-11)20(22)16(21(15)23)9-5-3-4-8-12(16)18-19-14(17)25/h6-7,10,23H,3-5,8-9H2,1-2H3,(H3,17,19,25)/b18-12-/t16-/m1/s1. The molecule has 1 aromatic heterocycles. The molecule has 9 heteroatoms. The number of hydrogen-bond donors (Lipinski definition) is 3. The predicted octanol–water partition coefficient (Wildman–Crippen LogP) is 1.91. The number of thiocarbonyl (C=S) groups is 1. The third-order valence-corrected chi connectivity index (χ3v) is 5.05. The first-order valence-electron chi connectivity index (χ1n) is 8.32. The molecule has 136 valence electrons. The highest BCUT2D eigenvalue weighted by molar-refractivity contribution is 7.80. The predicted molar refractivity (Wildman–Crippen MR) is 97.3 cm³/mol. The Morgan fingerprint density at radius 3 is 2.88 bits per heavy atom. The molecule has 0 amide bonds. The number of hydroxylamine groups is 3. The lowest BCUT2D eigenvalue weighted by molar-refractivity contribution is -0.567. The number of hydrazone groups is 1. The Hall–Kier alpha value is -1.97. The summed E-state index contributed by atoms with van der Waals surface area (Å²) >= 11 is 4.82. The monoisotopic (exact) mass is 365 g/mol. The fourth-order valence-corrected chi connectivity index (χ4v) is 3.84. The molecule has 0 bridgehead atoms. The first-order valence-corrected chi connectivity index (χ1v) is 8.73. The van der Waals surface area contributed by atoms with E-state index in [9.17, 15) is 10.4 Å². The minimum Gasteiger partial charge on any atom is -0.622 e. The van der Waals surface area contributed by atoms with Gasteiger partial charge in [0.15, 0.2) is 10.9 Å². The fraction of sp³-hybridized carbons (Fsp3) is 0.562. The maximum atomic E-state index is 13.5. The zero-order valence-corrected chi connectivity index (χ0v) is 15.2. The lowest BCUT2D eigenvalue weighted by Gasteiger charge is -2.35. The van der Waals surface area contributed by atoms with Crippen LogP contribution in [0.5, 0.6) is 0 Å². The van der Waals surface area contributed by atoms with E-state index in [4.69, 9.17) is 22.4 Å². The van der Waals surface area contributed by atoms with Crippen molar-refractivity contribution in [1.29, 1.82) is 0 Å². The molecule has 1 fully saturated rings. The summed E-state index contributed by atoms with van der Waals surface area (Å²) in [6.45, 7) is 3.57. The zero-order chi connectivity index (χ0) is 18.2. The van der Waals surface area contributed by atoms with E-state index in [0.717, 1.165) is 29.1 Å². The zero-order valence-electron chi connectivity index (χ0n) is 14.4. The van der Waals surface area contributed by atoms with E-state index in [1.54, 1.807) is 26.0 Å². The minimum absolute atomic E-state index is 0.0151. The van der Waals surface area contributed by atoms with Gasteiger partial charge in [0.2, 0.25) is 0 Å². The van der Waals surface area contributed by atoms with E-state index in [-0.39, 0.29) is 5.11 Å². The van der Waals surface area contributed by atoms with E-state index >= 15 is 0 Å². The summed E-state index contributed by atoms with van der Waals surface area (Å²) in [6, 6.07) is 3.44. The van der Waals surface area contributed by atoms with Gasteiger partial charge in [0.25, 0.3) is 11.4 Å². The van der Waals surface area contributed by atoms with Crippen LogP contribution < -0.4 is 11.2 Å². The Kier molecular flexibility index (Phi) is 4.56. The van der Waals surface area contributed by atoms with Crippen LogP contribution in [0.2, 0.25) is 0 Å². The largest absolute Gasteiger partial charge is 0.622 e. The highest BCUT2D eigenvalue weighted by Gasteiger charge is 2.65. The van der Waals surface area contributed by atoms with Crippen LogP contribution in [-0.4, -0.2) is 42.7 Å². The maximum Gasteiger partial charge on any atom is 0.292 e. The average Bonchev–Trinajstić information content (AvgIpc) is 3.02. The van der Waals surface area contributed by atoms with Gasteiger partial charge in [-0.3, -0.25) is 5.43 Å². The van der Waals surface area contributed by atoms with Gasteiger partial charge < -0.3 is 20.6 Å². The summed E-state index contributed by atoms with van der Waals surface area (Å²) in [5.74, 6) is 0.432. The third-order valence-electron chi connectivity index (χ3n) is 4.96. The Bertz CT molecular complexity index is 728. The van der Waals surface area contributed by atoms with Crippen molar-refractivity contribution in [2.75, 3.05) is 0 Å². The Balaban J connectivity index is 2.19. The van der Waals surface area contributed by atoms with Crippen molar-refractivity contribution in [3.63, 3.8) is 0 Å². The minimum atomic E-state index is -1.31. The van der Waals surface area contributed by atoms with Gasteiger partial charge in [-0.05, 0) is 57.5 Å². The van der Waals surface area contributed by atoms with Crippen LogP contribution in [0.15, 0.2) is 27.9 Å². The molecule has 1 spiro atoms. The van der Waals surface area contributed by atoms with Crippen molar-refractivity contribution in [3.8, 4) is 0 Å². The number of nitrogens with one attached hydrogen (secondary N) is 1. The summed E-state index contributed by atoms with van der Waals surface area (Å²) in [7, 11) is 0. The number of rotatable bonds is 2. The van der Waals surface area contributed by atoms with Crippen molar-refractivity contribution >= 4 is 28.8 Å². The van der Waals surface area contributed by atoms with Crippen LogP contribution in [0.1, 0.15) is 51.7 Å². The lowest BCUT2D eigenvalue weighted by Crippen LogP contribution is -2.59. The Morgan fingerprint density at radius 1 is 1.48 bits per heavy atom. The van der Waals surface area contributed by atoms with Crippen LogP contribution in [0, 0.1) is 5.21 Å². The molecule has 1 aromatic rings. The van der Waals surface area contributed by atoms with Gasteiger partial charge in [0.05, 0.1) is 6.26 Å². The number of nitrogens with two attached hydrogens (primary N) is 1. The van der Waals surface area contributed by atoms with Gasteiger partial charge in [-0.25, -0.2) is 0 Å². The number of hydrogen-bond acceptors (Lipinski definition) is 6. The van der Waals surface area contributed by atoms with Gasteiger partial charge >= 0.3 is 0 Å². The fourth-order valence-electron chi connectivity index (χ4n) is 3.80. The second-order valence-corrected chi connectivity index (χ2v) is 7.34. The molecule has 8 nitrogen and oxygen atoms in total. The maximum absolute atomic E-state index is 13.5. The highest BCUT2D eigenvalue weighted by atomic mass is 32.1. The molecule has 2 heterocycles. The van der Waals surface area contributed by atoms with Crippen molar-refractivity contribution in [3.05, 3.63) is 29.4 Å². The lowest BCUT2D eigenvalue weighted by atomic mass is 9.94. The molecule has 3 rings (SSSR count). The number of furan rings is 1. The summed E-state index contributed by atoms with van der Waals surface area (Å²) in [5.41, 5.74) is 6.69. The van der Waals surface area contributed by atoms with E-state index in [1.165, 1.54) is 6.26 Å². The molecule has 1 aliphatic carbocycles. The Labute approximate surface area is 151 Å². The molecule has 0 saturated heterocycles. The third kappa shape index (κ3) is 2.72. The first-order chi connectivity index (χ1) is 11.8. The molecule has 1 aliphatic heterocycles. The van der Waals surface area contributed by atoms with Gasteiger partial charge in [-0.15, -0.1) is 5.06 Å². The molecular weight excluding hydrogens is 342 g/mol. The molecular formula is C16H23N5O3S. The second kappa shape index (κ2) is 6.40. The SMILES string of the molecule is CC1(C)C(c2ccco2)=[N+]([O-])[C@]2(CCCCC/C2=N/NC(N)=S)N1O. The molecule has 1 saturated carbocycles. The molecule has 0 unspecified atom stereocenters. The van der Waals surface area contributed by atoms with Crippen molar-refractivity contribution in [2.45, 2.75) is 57.2 Å². The van der Waals surface area contributed by atoms with Gasteiger partial charge in [0.1, 0.15) is 11.3 Å². The second-order valence-electron chi connectivity index (χ2n) is 6.90. The van der Waals surface area contributed by atoms with Gasteiger partial charge in [-0.1, -0.05) is 6.42 Å². The number of nitrogens with zero attached hydrogens (tertiary/aromatic N) is 3. The van der Waals surface area contributed by atoms with Crippen LogP contribution in [0.4, 0.5) is 0 Å². The first kappa shape index (κ1) is 17.8. The van der Waals surface area contributed by atoms with E-state index < -0.39 is 11.2 Å². The molecule has 25 heavy (non-hydrogen) atoms.